The summed E-state index contributed by atoms with van der Waals surface area (Å²) in [5.74, 6) is 1.08. The van der Waals surface area contributed by atoms with Crippen LogP contribution in [0.15, 0.2) is 24.3 Å². The molecule has 3 unspecified atom stereocenters. The third-order valence-corrected chi connectivity index (χ3v) is 4.50. The lowest BCUT2D eigenvalue weighted by atomic mass is 9.85. The fourth-order valence-corrected chi connectivity index (χ4v) is 3.46. The monoisotopic (exact) mass is 246 g/mol. The van der Waals surface area contributed by atoms with Crippen LogP contribution in [-0.2, 0) is 11.2 Å². The highest BCUT2D eigenvalue weighted by atomic mass is 16.5. The molecule has 0 radical (unpaired) electrons. The second-order valence-electron chi connectivity index (χ2n) is 5.76. The lowest BCUT2D eigenvalue weighted by Gasteiger charge is -2.24. The van der Waals surface area contributed by atoms with Crippen LogP contribution in [0.1, 0.15) is 42.9 Å². The molecule has 2 aliphatic rings. The maximum atomic E-state index is 10.6. The van der Waals surface area contributed by atoms with Crippen molar-refractivity contribution in [1.82, 2.24) is 0 Å². The summed E-state index contributed by atoms with van der Waals surface area (Å²) in [6, 6.07) is 8.39. The highest BCUT2D eigenvalue weighted by molar-refractivity contribution is 5.30. The maximum absolute atomic E-state index is 10.6. The van der Waals surface area contributed by atoms with Crippen molar-refractivity contribution < 1.29 is 9.84 Å². The lowest BCUT2D eigenvalue weighted by Crippen LogP contribution is -2.16. The van der Waals surface area contributed by atoms with Crippen LogP contribution in [0.4, 0.5) is 0 Å². The highest BCUT2D eigenvalue weighted by Gasteiger charge is 2.29. The Hall–Kier alpha value is -0.860. The second kappa shape index (κ2) is 5.41. The molecule has 98 valence electrons. The Kier molecular flexibility index (Phi) is 3.67. The van der Waals surface area contributed by atoms with E-state index in [1.54, 1.807) is 0 Å². The summed E-state index contributed by atoms with van der Waals surface area (Å²) in [5, 5.41) is 10.6. The van der Waals surface area contributed by atoms with Gasteiger partial charge in [0.25, 0.3) is 0 Å². The average Bonchev–Trinajstić information content (AvgIpc) is 2.85. The number of ether oxygens (including phenoxy) is 1. The Morgan fingerprint density at radius 2 is 2.11 bits per heavy atom. The van der Waals surface area contributed by atoms with E-state index >= 15 is 0 Å². The zero-order valence-electron chi connectivity index (χ0n) is 10.8. The standard InChI is InChI=1S/C16H22O2/c17-16-14(10-12-8-9-18-11-12)6-3-5-13-4-1-2-7-15(13)16/h1-2,4,7,12,14,16-17H,3,5-6,8-11H2. The largest absolute Gasteiger partial charge is 0.388 e. The van der Waals surface area contributed by atoms with Gasteiger partial charge in [-0.1, -0.05) is 24.3 Å². The van der Waals surface area contributed by atoms with E-state index in [2.05, 4.69) is 18.2 Å². The molecule has 3 rings (SSSR count). The number of hydrogen-bond donors (Lipinski definition) is 1. The Morgan fingerprint density at radius 3 is 2.94 bits per heavy atom. The molecule has 0 amide bonds. The van der Waals surface area contributed by atoms with E-state index in [0.29, 0.717) is 11.8 Å². The first-order chi connectivity index (χ1) is 8.84. The van der Waals surface area contributed by atoms with Gasteiger partial charge in [0.2, 0.25) is 0 Å². The van der Waals surface area contributed by atoms with Gasteiger partial charge < -0.3 is 9.84 Å². The van der Waals surface area contributed by atoms with E-state index in [0.717, 1.165) is 32.5 Å². The third kappa shape index (κ3) is 2.45. The average molecular weight is 246 g/mol. The number of benzene rings is 1. The summed E-state index contributed by atoms with van der Waals surface area (Å²) < 4.78 is 5.45. The van der Waals surface area contributed by atoms with Gasteiger partial charge in [-0.3, -0.25) is 0 Å². The molecule has 1 heterocycles. The fourth-order valence-electron chi connectivity index (χ4n) is 3.46. The van der Waals surface area contributed by atoms with Gasteiger partial charge in [0.15, 0.2) is 0 Å². The fraction of sp³-hybridized carbons (Fsp3) is 0.625. The lowest BCUT2D eigenvalue weighted by molar-refractivity contribution is 0.0854. The SMILES string of the molecule is OC1c2ccccc2CCCC1CC1CCOC1. The van der Waals surface area contributed by atoms with Crippen LogP contribution < -0.4 is 0 Å². The summed E-state index contributed by atoms with van der Waals surface area (Å²) in [5.41, 5.74) is 2.51. The van der Waals surface area contributed by atoms with E-state index < -0.39 is 0 Å². The Labute approximate surface area is 109 Å². The number of hydrogen-bond acceptors (Lipinski definition) is 2. The van der Waals surface area contributed by atoms with Crippen molar-refractivity contribution in [3.05, 3.63) is 35.4 Å². The minimum Gasteiger partial charge on any atom is -0.388 e. The number of aliphatic hydroxyl groups excluding tert-OH is 1. The molecule has 1 aliphatic carbocycles. The van der Waals surface area contributed by atoms with Crippen LogP contribution >= 0.6 is 0 Å². The molecule has 3 atom stereocenters. The summed E-state index contributed by atoms with van der Waals surface area (Å²) in [6.45, 7) is 1.80. The van der Waals surface area contributed by atoms with E-state index in [4.69, 9.17) is 4.74 Å². The second-order valence-corrected chi connectivity index (χ2v) is 5.76. The molecule has 2 heteroatoms. The van der Waals surface area contributed by atoms with E-state index in [9.17, 15) is 5.11 Å². The Balaban J connectivity index is 1.76. The van der Waals surface area contributed by atoms with Gasteiger partial charge in [0.05, 0.1) is 6.10 Å². The number of aliphatic hydroxyl groups is 1. The molecule has 0 spiro atoms. The van der Waals surface area contributed by atoms with Gasteiger partial charge in [-0.25, -0.2) is 0 Å². The number of rotatable bonds is 2. The molecule has 1 aliphatic heterocycles. The van der Waals surface area contributed by atoms with Crippen molar-refractivity contribution in [2.75, 3.05) is 13.2 Å². The van der Waals surface area contributed by atoms with Gasteiger partial charge in [0.1, 0.15) is 0 Å². The van der Waals surface area contributed by atoms with E-state index in [-0.39, 0.29) is 6.10 Å². The molecular weight excluding hydrogens is 224 g/mol. The van der Waals surface area contributed by atoms with Crippen LogP contribution in [0, 0.1) is 11.8 Å². The molecular formula is C16H22O2. The van der Waals surface area contributed by atoms with Crippen LogP contribution in [-0.4, -0.2) is 18.3 Å². The van der Waals surface area contributed by atoms with Crippen molar-refractivity contribution in [1.29, 1.82) is 0 Å². The summed E-state index contributed by atoms with van der Waals surface area (Å²) in [4.78, 5) is 0. The quantitative estimate of drug-likeness (QED) is 0.813. The first-order valence-corrected chi connectivity index (χ1v) is 7.18. The molecule has 1 aromatic rings. The summed E-state index contributed by atoms with van der Waals surface area (Å²) in [7, 11) is 0. The van der Waals surface area contributed by atoms with Crippen molar-refractivity contribution in [2.24, 2.45) is 11.8 Å². The van der Waals surface area contributed by atoms with Crippen molar-refractivity contribution in [3.8, 4) is 0 Å². The van der Waals surface area contributed by atoms with Crippen LogP contribution in [0.2, 0.25) is 0 Å². The molecule has 2 nitrogen and oxygen atoms in total. The molecule has 0 saturated carbocycles. The predicted octanol–water partition coefficient (Wildman–Crippen LogP) is 3.10. The molecule has 1 N–H and O–H groups in total. The minimum absolute atomic E-state index is 0.274. The molecule has 1 saturated heterocycles. The zero-order chi connectivity index (χ0) is 12.4. The topological polar surface area (TPSA) is 29.5 Å². The summed E-state index contributed by atoms with van der Waals surface area (Å²) in [6.07, 6.45) is 5.48. The van der Waals surface area contributed by atoms with Crippen molar-refractivity contribution in [2.45, 2.75) is 38.2 Å². The Bertz CT molecular complexity index is 396. The highest BCUT2D eigenvalue weighted by Crippen LogP contribution is 2.37. The van der Waals surface area contributed by atoms with Gasteiger partial charge in [-0.2, -0.15) is 0 Å². The van der Waals surface area contributed by atoms with Gasteiger partial charge in [0, 0.05) is 13.2 Å². The normalized spacial score (nSPS) is 31.9. The molecule has 0 aromatic heterocycles. The van der Waals surface area contributed by atoms with Crippen LogP contribution in [0.3, 0.4) is 0 Å². The van der Waals surface area contributed by atoms with Gasteiger partial charge in [-0.05, 0) is 55.1 Å². The van der Waals surface area contributed by atoms with Gasteiger partial charge in [-0.15, -0.1) is 0 Å². The number of fused-ring (bicyclic) bond motifs is 1. The maximum Gasteiger partial charge on any atom is 0.0820 e. The number of aryl methyl sites for hydroxylation is 1. The third-order valence-electron chi connectivity index (χ3n) is 4.50. The van der Waals surface area contributed by atoms with Crippen LogP contribution in [0.25, 0.3) is 0 Å². The van der Waals surface area contributed by atoms with Crippen LogP contribution in [0.5, 0.6) is 0 Å². The van der Waals surface area contributed by atoms with Crippen molar-refractivity contribution >= 4 is 0 Å². The zero-order valence-corrected chi connectivity index (χ0v) is 10.8. The minimum atomic E-state index is -0.274. The Morgan fingerprint density at radius 1 is 1.22 bits per heavy atom. The van der Waals surface area contributed by atoms with E-state index in [1.165, 1.54) is 24.0 Å². The smallest absolute Gasteiger partial charge is 0.0820 e. The van der Waals surface area contributed by atoms with E-state index in [1.807, 2.05) is 6.07 Å². The molecule has 0 bridgehead atoms. The summed E-state index contributed by atoms with van der Waals surface area (Å²) >= 11 is 0. The molecule has 18 heavy (non-hydrogen) atoms. The van der Waals surface area contributed by atoms with Crippen molar-refractivity contribution in [3.63, 3.8) is 0 Å². The first-order valence-electron chi connectivity index (χ1n) is 7.18. The van der Waals surface area contributed by atoms with Gasteiger partial charge >= 0.3 is 0 Å². The predicted molar refractivity (Wildman–Crippen MR) is 71.4 cm³/mol. The molecule has 1 aromatic carbocycles. The first kappa shape index (κ1) is 12.2. The molecule has 1 fully saturated rings.